The van der Waals surface area contributed by atoms with Gasteiger partial charge in [0, 0.05) is 31.8 Å². The molecule has 35 heavy (non-hydrogen) atoms. The van der Waals surface area contributed by atoms with Crippen LogP contribution in [0.25, 0.3) is 0 Å². The minimum atomic E-state index is -1.26. The summed E-state index contributed by atoms with van der Waals surface area (Å²) in [4.78, 5) is 49.3. The molecule has 3 rings (SSSR count). The fraction of sp³-hybridized carbons (Fsp3) is 0.478. The largest absolute Gasteiger partial charge is 0.478 e. The van der Waals surface area contributed by atoms with Crippen LogP contribution in [0.2, 0.25) is 10.0 Å². The summed E-state index contributed by atoms with van der Waals surface area (Å²) in [5.74, 6) is -2.52. The van der Waals surface area contributed by atoms with Crippen molar-refractivity contribution in [3.05, 3.63) is 46.0 Å². The number of amides is 2. The van der Waals surface area contributed by atoms with Crippen LogP contribution < -0.4 is 0 Å². The average molecular weight is 530 g/mol. The second-order valence-corrected chi connectivity index (χ2v) is 9.13. The second-order valence-electron chi connectivity index (χ2n) is 8.31. The Morgan fingerprint density at radius 3 is 2.00 bits per heavy atom. The van der Waals surface area contributed by atoms with Crippen LogP contribution in [0.5, 0.6) is 0 Å². The molecule has 2 aliphatic rings. The lowest BCUT2D eigenvalue weighted by atomic mass is 10.0. The summed E-state index contributed by atoms with van der Waals surface area (Å²) in [6.45, 7) is 5.36. The zero-order valence-corrected chi connectivity index (χ0v) is 20.8. The van der Waals surface area contributed by atoms with E-state index >= 15 is 0 Å². The highest BCUT2D eigenvalue weighted by atomic mass is 35.5. The number of carbonyl (C=O) groups is 4. The summed E-state index contributed by atoms with van der Waals surface area (Å²) < 4.78 is 0. The summed E-state index contributed by atoms with van der Waals surface area (Å²) in [5.41, 5.74) is 0.808. The van der Waals surface area contributed by atoms with Crippen LogP contribution in [0, 0.1) is 0 Å². The van der Waals surface area contributed by atoms with Gasteiger partial charge in [-0.2, -0.15) is 0 Å². The van der Waals surface area contributed by atoms with Crippen molar-refractivity contribution in [2.45, 2.75) is 38.3 Å². The normalized spacial score (nSPS) is 20.4. The number of benzene rings is 1. The van der Waals surface area contributed by atoms with Crippen LogP contribution in [-0.4, -0.2) is 98.8 Å². The first-order valence-corrected chi connectivity index (χ1v) is 11.8. The van der Waals surface area contributed by atoms with E-state index < -0.39 is 18.0 Å². The number of carboxylic acid groups (broad SMARTS) is 3. The molecule has 0 spiro atoms. The third kappa shape index (κ3) is 8.72. The number of likely N-dealkylation sites (tertiary alicyclic amines) is 1. The number of halogens is 2. The Morgan fingerprint density at radius 1 is 0.914 bits per heavy atom. The van der Waals surface area contributed by atoms with Gasteiger partial charge in [0.05, 0.1) is 28.5 Å². The molecule has 1 unspecified atom stereocenters. The van der Waals surface area contributed by atoms with E-state index in [1.54, 1.807) is 18.2 Å². The number of carbonyl (C=O) groups excluding carboxylic acids is 1. The van der Waals surface area contributed by atoms with Crippen molar-refractivity contribution in [2.24, 2.45) is 0 Å². The third-order valence-corrected chi connectivity index (χ3v) is 6.69. The lowest BCUT2D eigenvalue weighted by Crippen LogP contribution is -2.64. The Morgan fingerprint density at radius 2 is 1.49 bits per heavy atom. The van der Waals surface area contributed by atoms with Gasteiger partial charge in [0.15, 0.2) is 0 Å². The number of rotatable bonds is 6. The molecule has 1 aromatic carbocycles. The lowest BCUT2D eigenvalue weighted by Gasteiger charge is -2.46. The summed E-state index contributed by atoms with van der Waals surface area (Å²) in [6, 6.07) is 4.82. The molecule has 192 valence electrons. The van der Waals surface area contributed by atoms with Gasteiger partial charge < -0.3 is 30.0 Å². The molecule has 12 heteroatoms. The smallest absolute Gasteiger partial charge is 0.407 e. The maximum absolute atomic E-state index is 13.0. The Kier molecular flexibility index (Phi) is 10.8. The molecule has 2 heterocycles. The zero-order chi connectivity index (χ0) is 26.1. The van der Waals surface area contributed by atoms with E-state index in [0.717, 1.165) is 31.5 Å². The minimum Gasteiger partial charge on any atom is -0.478 e. The van der Waals surface area contributed by atoms with E-state index in [4.69, 9.17) is 33.4 Å². The molecule has 0 aromatic heterocycles. The van der Waals surface area contributed by atoms with Gasteiger partial charge in [-0.3, -0.25) is 4.79 Å². The zero-order valence-electron chi connectivity index (χ0n) is 19.3. The Balaban J connectivity index is 0.000000466. The monoisotopic (exact) mass is 529 g/mol. The van der Waals surface area contributed by atoms with Crippen molar-refractivity contribution in [1.82, 2.24) is 14.7 Å². The van der Waals surface area contributed by atoms with Gasteiger partial charge in [0.2, 0.25) is 5.91 Å². The van der Waals surface area contributed by atoms with Crippen LogP contribution in [0.15, 0.2) is 30.4 Å². The maximum atomic E-state index is 13.0. The van der Waals surface area contributed by atoms with Crippen molar-refractivity contribution < 1.29 is 34.5 Å². The van der Waals surface area contributed by atoms with Crippen LogP contribution in [0.4, 0.5) is 4.79 Å². The fourth-order valence-corrected chi connectivity index (χ4v) is 4.50. The number of piperazine rings is 1. The number of nitrogens with zero attached hydrogens (tertiary/aromatic N) is 3. The van der Waals surface area contributed by atoms with Crippen LogP contribution in [0.1, 0.15) is 25.3 Å². The average Bonchev–Trinajstić information content (AvgIpc) is 3.29. The summed E-state index contributed by atoms with van der Waals surface area (Å²) in [7, 11) is 0. The molecule has 2 atom stereocenters. The van der Waals surface area contributed by atoms with Gasteiger partial charge in [-0.05, 0) is 50.6 Å². The molecule has 1 aromatic rings. The molecular formula is C23H29Cl2N3O7. The summed E-state index contributed by atoms with van der Waals surface area (Å²) in [6.07, 6.45) is 2.73. The van der Waals surface area contributed by atoms with E-state index in [0.29, 0.717) is 41.8 Å². The van der Waals surface area contributed by atoms with Gasteiger partial charge in [0.25, 0.3) is 0 Å². The van der Waals surface area contributed by atoms with Gasteiger partial charge in [0.1, 0.15) is 0 Å². The Hall–Kier alpha value is -2.82. The fourth-order valence-electron chi connectivity index (χ4n) is 4.18. The van der Waals surface area contributed by atoms with Crippen molar-refractivity contribution in [3.8, 4) is 0 Å². The molecule has 0 radical (unpaired) electrons. The quantitative estimate of drug-likeness (QED) is 0.478. The molecular weight excluding hydrogens is 501 g/mol. The minimum absolute atomic E-state index is 0.00512. The molecule has 2 fully saturated rings. The first-order chi connectivity index (χ1) is 16.5. The van der Waals surface area contributed by atoms with Crippen molar-refractivity contribution in [3.63, 3.8) is 0 Å². The Bertz CT molecular complexity index is 950. The summed E-state index contributed by atoms with van der Waals surface area (Å²) in [5, 5.41) is 26.0. The number of carboxylic acids is 2. The standard InChI is InChI=1S/C19H25Cl2N3O3.C4H4O4/c1-13-17(12-22-6-2-3-7-22)24(9-8-23(13)19(26)27)18(25)11-14-4-5-15(20)16(21)10-14;5-3(6)1-2-4(7)8/h4-5,10,13,17H,2-3,6-9,11-12H2,1H3,(H,26,27);1-2H,(H,5,6)(H,7,8)/t13-,17?;/m1./s1. The van der Waals surface area contributed by atoms with Crippen molar-refractivity contribution in [2.75, 3.05) is 32.7 Å². The van der Waals surface area contributed by atoms with E-state index in [1.165, 1.54) is 4.90 Å². The highest BCUT2D eigenvalue weighted by Crippen LogP contribution is 2.25. The molecule has 0 saturated carbocycles. The molecule has 0 aliphatic carbocycles. The van der Waals surface area contributed by atoms with Gasteiger partial charge in [-0.1, -0.05) is 29.3 Å². The van der Waals surface area contributed by atoms with Gasteiger partial charge >= 0.3 is 18.0 Å². The number of hydrogen-bond donors (Lipinski definition) is 3. The van der Waals surface area contributed by atoms with E-state index in [2.05, 4.69) is 4.90 Å². The van der Waals surface area contributed by atoms with Crippen LogP contribution in [0.3, 0.4) is 0 Å². The number of hydrogen-bond acceptors (Lipinski definition) is 5. The molecule has 2 aliphatic heterocycles. The van der Waals surface area contributed by atoms with Crippen molar-refractivity contribution >= 4 is 47.1 Å². The molecule has 10 nitrogen and oxygen atoms in total. The lowest BCUT2D eigenvalue weighted by molar-refractivity contribution is -0.137. The highest BCUT2D eigenvalue weighted by Gasteiger charge is 2.39. The highest BCUT2D eigenvalue weighted by molar-refractivity contribution is 6.42. The Labute approximate surface area is 213 Å². The molecule has 2 saturated heterocycles. The first kappa shape index (κ1) is 28.4. The van der Waals surface area contributed by atoms with Crippen molar-refractivity contribution in [1.29, 1.82) is 0 Å². The van der Waals surface area contributed by atoms with Gasteiger partial charge in [-0.25, -0.2) is 14.4 Å². The van der Waals surface area contributed by atoms with E-state index in [-0.39, 0.29) is 24.4 Å². The predicted molar refractivity (Wildman–Crippen MR) is 130 cm³/mol. The van der Waals surface area contributed by atoms with E-state index in [9.17, 15) is 24.3 Å². The molecule has 0 bridgehead atoms. The molecule has 3 N–H and O–H groups in total. The third-order valence-electron chi connectivity index (χ3n) is 5.95. The van der Waals surface area contributed by atoms with Crippen LogP contribution >= 0.6 is 23.2 Å². The number of aliphatic carboxylic acids is 2. The van der Waals surface area contributed by atoms with Crippen LogP contribution in [-0.2, 0) is 20.8 Å². The SMILES string of the molecule is C[C@@H]1C(CN2CCCC2)N(C(=O)Cc2ccc(Cl)c(Cl)c2)CCN1C(=O)O.O=C(O)C=CC(=O)O. The van der Waals surface area contributed by atoms with E-state index in [1.807, 2.05) is 11.8 Å². The van der Waals surface area contributed by atoms with Gasteiger partial charge in [-0.15, -0.1) is 0 Å². The molecule has 2 amide bonds. The first-order valence-electron chi connectivity index (χ1n) is 11.1. The maximum Gasteiger partial charge on any atom is 0.407 e. The predicted octanol–water partition coefficient (Wildman–Crippen LogP) is 2.92. The summed E-state index contributed by atoms with van der Waals surface area (Å²) >= 11 is 12.0. The topological polar surface area (TPSA) is 139 Å². The second kappa shape index (κ2) is 13.3.